The number of fused-ring (bicyclic) bond motifs is 1. The van der Waals surface area contributed by atoms with Crippen molar-refractivity contribution in [3.05, 3.63) is 65.5 Å². The number of benzene rings is 2. The molecular weight excluding hydrogens is 290 g/mol. The van der Waals surface area contributed by atoms with Crippen molar-refractivity contribution in [3.8, 4) is 11.3 Å². The van der Waals surface area contributed by atoms with Crippen LogP contribution in [0.25, 0.3) is 22.3 Å². The van der Waals surface area contributed by atoms with Gasteiger partial charge in [0, 0.05) is 17.0 Å². The molecule has 0 unspecified atom stereocenters. The molecule has 0 N–H and O–H groups in total. The van der Waals surface area contributed by atoms with E-state index < -0.39 is 5.97 Å². The molecule has 116 valence electrons. The Bertz CT molecular complexity index is 911. The predicted molar refractivity (Wildman–Crippen MR) is 86.5 cm³/mol. The molecule has 4 nitrogen and oxygen atoms in total. The maximum absolute atomic E-state index is 10.8. The van der Waals surface area contributed by atoms with Crippen LogP contribution in [0.15, 0.2) is 64.0 Å². The maximum atomic E-state index is 10.8. The van der Waals surface area contributed by atoms with E-state index >= 15 is 0 Å². The van der Waals surface area contributed by atoms with E-state index in [1.54, 1.807) is 6.07 Å². The van der Waals surface area contributed by atoms with Crippen molar-refractivity contribution < 1.29 is 14.3 Å². The number of carbonyl (C=O) groups excluding carboxylic acids is 1. The quantitative estimate of drug-likeness (QED) is 0.743. The van der Waals surface area contributed by atoms with E-state index in [9.17, 15) is 9.90 Å². The molecule has 0 amide bonds. The van der Waals surface area contributed by atoms with Crippen molar-refractivity contribution in [1.29, 1.82) is 0 Å². The lowest BCUT2D eigenvalue weighted by molar-refractivity contribution is -0.303. The second kappa shape index (κ2) is 6.48. The number of nitrogens with zero attached hydrogens (tertiary/aromatic N) is 1. The lowest BCUT2D eigenvalue weighted by atomic mass is 10.1. The Kier molecular flexibility index (Phi) is 4.24. The summed E-state index contributed by atoms with van der Waals surface area (Å²) in [5, 5.41) is 12.2. The van der Waals surface area contributed by atoms with Gasteiger partial charge in [-0.2, -0.15) is 0 Å². The summed E-state index contributed by atoms with van der Waals surface area (Å²) in [4.78, 5) is 14.9. The van der Waals surface area contributed by atoms with Gasteiger partial charge in [-0.25, -0.2) is 0 Å². The van der Waals surface area contributed by atoms with Crippen LogP contribution in [0.5, 0.6) is 0 Å². The van der Waals surface area contributed by atoms with Crippen molar-refractivity contribution in [2.45, 2.75) is 13.3 Å². The lowest BCUT2D eigenvalue weighted by Gasteiger charge is -2.07. The van der Waals surface area contributed by atoms with Crippen LogP contribution >= 0.6 is 0 Å². The van der Waals surface area contributed by atoms with Crippen LogP contribution in [0.3, 0.4) is 0 Å². The topological polar surface area (TPSA) is 65.6 Å². The average molecular weight is 306 g/mol. The molecule has 0 aliphatic heterocycles. The first-order chi connectivity index (χ1) is 11.2. The Morgan fingerprint density at radius 1 is 1.13 bits per heavy atom. The van der Waals surface area contributed by atoms with Crippen LogP contribution in [0, 0.1) is 0 Å². The smallest absolute Gasteiger partial charge is 0.136 e. The zero-order valence-electron chi connectivity index (χ0n) is 12.8. The molecule has 0 bridgehead atoms. The molecule has 1 aromatic heterocycles. The second-order valence-corrected chi connectivity index (χ2v) is 5.23. The fourth-order valence-electron chi connectivity index (χ4n) is 2.46. The highest BCUT2D eigenvalue weighted by Crippen LogP contribution is 2.22. The Morgan fingerprint density at radius 3 is 2.61 bits per heavy atom. The molecule has 4 heteroatoms. The van der Waals surface area contributed by atoms with Crippen LogP contribution < -0.4 is 10.5 Å². The molecule has 0 aliphatic rings. The zero-order chi connectivity index (χ0) is 16.2. The van der Waals surface area contributed by atoms with Crippen molar-refractivity contribution in [3.63, 3.8) is 0 Å². The summed E-state index contributed by atoms with van der Waals surface area (Å²) in [6, 6.07) is 17.3. The monoisotopic (exact) mass is 306 g/mol. The molecule has 3 aromatic rings. The number of aliphatic carboxylic acids is 1. The minimum atomic E-state index is -1.20. The number of hydrogen-bond donors (Lipinski definition) is 0. The van der Waals surface area contributed by atoms with Crippen molar-refractivity contribution in [2.24, 2.45) is 4.99 Å². The van der Waals surface area contributed by atoms with E-state index in [-0.39, 0.29) is 6.54 Å². The van der Waals surface area contributed by atoms with Gasteiger partial charge in [0.25, 0.3) is 0 Å². The van der Waals surface area contributed by atoms with Gasteiger partial charge in [-0.15, -0.1) is 0 Å². The van der Waals surface area contributed by atoms with Gasteiger partial charge in [-0.05, 0) is 24.1 Å². The van der Waals surface area contributed by atoms with Gasteiger partial charge in [-0.3, -0.25) is 4.99 Å². The largest absolute Gasteiger partial charge is 0.548 e. The summed E-state index contributed by atoms with van der Waals surface area (Å²) >= 11 is 0. The number of aryl methyl sites for hydroxylation is 1. The molecule has 0 radical (unpaired) electrons. The highest BCUT2D eigenvalue weighted by Gasteiger charge is 2.06. The minimum absolute atomic E-state index is 0.371. The Morgan fingerprint density at radius 2 is 1.91 bits per heavy atom. The number of hydrogen-bond acceptors (Lipinski definition) is 4. The minimum Gasteiger partial charge on any atom is -0.548 e. The summed E-state index contributed by atoms with van der Waals surface area (Å²) in [5.74, 6) is -0.550. The summed E-state index contributed by atoms with van der Waals surface area (Å²) in [7, 11) is 0. The van der Waals surface area contributed by atoms with Crippen LogP contribution in [0.4, 0.5) is 0 Å². The third-order valence-corrected chi connectivity index (χ3v) is 3.65. The molecule has 3 rings (SSSR count). The molecule has 0 spiro atoms. The highest BCUT2D eigenvalue weighted by molar-refractivity contribution is 5.79. The normalized spacial score (nSPS) is 11.8. The first-order valence-corrected chi connectivity index (χ1v) is 7.50. The Balaban J connectivity index is 2.26. The third kappa shape index (κ3) is 3.31. The van der Waals surface area contributed by atoms with Crippen molar-refractivity contribution in [1.82, 2.24) is 0 Å². The van der Waals surface area contributed by atoms with Crippen molar-refractivity contribution >= 4 is 16.9 Å². The number of carboxylic acid groups (broad SMARTS) is 1. The summed E-state index contributed by atoms with van der Waals surface area (Å²) in [6.07, 6.45) is 0.885. The van der Waals surface area contributed by atoms with E-state index in [1.165, 1.54) is 0 Å². The van der Waals surface area contributed by atoms with Gasteiger partial charge in [0.1, 0.15) is 11.3 Å². The van der Waals surface area contributed by atoms with Crippen LogP contribution in [-0.2, 0) is 11.2 Å². The van der Waals surface area contributed by atoms with Gasteiger partial charge in [0.15, 0.2) is 0 Å². The second-order valence-electron chi connectivity index (χ2n) is 5.23. The summed E-state index contributed by atoms with van der Waals surface area (Å²) in [5.41, 5.74) is 2.74. The number of carboxylic acids is 1. The highest BCUT2D eigenvalue weighted by atomic mass is 16.4. The van der Waals surface area contributed by atoms with Crippen LogP contribution in [0.1, 0.15) is 12.5 Å². The molecule has 0 atom stereocenters. The first-order valence-electron chi connectivity index (χ1n) is 7.50. The van der Waals surface area contributed by atoms with Gasteiger partial charge in [0.2, 0.25) is 0 Å². The molecule has 2 aromatic carbocycles. The molecule has 0 aliphatic carbocycles. The van der Waals surface area contributed by atoms with E-state index in [1.807, 2.05) is 48.5 Å². The van der Waals surface area contributed by atoms with Gasteiger partial charge in [0.05, 0.1) is 17.9 Å². The van der Waals surface area contributed by atoms with E-state index in [2.05, 4.69) is 11.9 Å². The molecule has 0 fully saturated rings. The zero-order valence-corrected chi connectivity index (χ0v) is 12.8. The van der Waals surface area contributed by atoms with Crippen LogP contribution in [-0.4, -0.2) is 12.5 Å². The van der Waals surface area contributed by atoms with E-state index in [0.717, 1.165) is 22.9 Å². The average Bonchev–Trinajstić information content (AvgIpc) is 2.59. The SMILES string of the molecule is CCc1ccc2oc(-c3ccccc3)cc(=NCC(=O)[O-])c2c1. The summed E-state index contributed by atoms with van der Waals surface area (Å²) < 4.78 is 5.97. The molecule has 0 saturated carbocycles. The van der Waals surface area contributed by atoms with Gasteiger partial charge < -0.3 is 14.3 Å². The third-order valence-electron chi connectivity index (χ3n) is 3.65. The lowest BCUT2D eigenvalue weighted by Crippen LogP contribution is -2.26. The van der Waals surface area contributed by atoms with Crippen molar-refractivity contribution in [2.75, 3.05) is 6.54 Å². The van der Waals surface area contributed by atoms with E-state index in [0.29, 0.717) is 16.7 Å². The van der Waals surface area contributed by atoms with E-state index in [4.69, 9.17) is 4.42 Å². The fourth-order valence-corrected chi connectivity index (χ4v) is 2.46. The van der Waals surface area contributed by atoms with Gasteiger partial charge in [-0.1, -0.05) is 43.3 Å². The fraction of sp³-hybridized carbons (Fsp3) is 0.158. The summed E-state index contributed by atoms with van der Waals surface area (Å²) in [6.45, 7) is 1.69. The van der Waals surface area contributed by atoms with Crippen LogP contribution in [0.2, 0.25) is 0 Å². The Labute approximate surface area is 133 Å². The first kappa shape index (κ1) is 15.0. The number of rotatable bonds is 4. The maximum Gasteiger partial charge on any atom is 0.136 e. The standard InChI is InChI=1S/C19H17NO3/c1-2-13-8-9-17-15(10-13)16(20-12-19(21)22)11-18(23-17)14-6-4-3-5-7-14/h3-11H,2,12H2,1H3,(H,21,22)/p-1. The van der Waals surface area contributed by atoms with Gasteiger partial charge >= 0.3 is 0 Å². The molecule has 1 heterocycles. The molecule has 0 saturated heterocycles. The molecule has 23 heavy (non-hydrogen) atoms. The number of carbonyl (C=O) groups is 1. The molecular formula is C19H16NO3-. The predicted octanol–water partition coefficient (Wildman–Crippen LogP) is 2.31. The Hall–Kier alpha value is -2.88.